The molecule has 2 unspecified atom stereocenters. The van der Waals surface area contributed by atoms with Gasteiger partial charge in [-0.2, -0.15) is 0 Å². The molecule has 1 aliphatic rings. The molecule has 1 fully saturated rings. The third-order valence-corrected chi connectivity index (χ3v) is 3.97. The van der Waals surface area contributed by atoms with Crippen molar-refractivity contribution in [2.24, 2.45) is 11.7 Å². The average molecular weight is 334 g/mol. The number of unbranched alkanes of at least 4 members (excludes halogenated alkanes) is 1. The number of carbonyl (C=O) groups is 1. The average Bonchev–Trinajstić information content (AvgIpc) is 2.54. The van der Waals surface area contributed by atoms with Crippen molar-refractivity contribution in [2.45, 2.75) is 57.2 Å². The minimum Gasteiger partial charge on any atom is -0.394 e. The molecular formula is C15H30N2O6. The molecule has 8 nitrogen and oxygen atoms in total. The van der Waals surface area contributed by atoms with Crippen LogP contribution in [0.25, 0.3) is 0 Å². The third-order valence-electron chi connectivity index (χ3n) is 3.97. The highest BCUT2D eigenvalue weighted by Gasteiger charge is 2.42. The number of aliphatic hydroxyl groups is 3. The van der Waals surface area contributed by atoms with Crippen molar-refractivity contribution in [2.75, 3.05) is 26.3 Å². The number of hydrogen-bond donors (Lipinski definition) is 5. The number of rotatable bonds is 10. The molecule has 23 heavy (non-hydrogen) atoms. The highest BCUT2D eigenvalue weighted by molar-refractivity contribution is 5.75. The van der Waals surface area contributed by atoms with E-state index in [2.05, 4.69) is 5.32 Å². The van der Waals surface area contributed by atoms with Gasteiger partial charge < -0.3 is 35.8 Å². The van der Waals surface area contributed by atoms with Gasteiger partial charge in [-0.15, -0.1) is 0 Å². The number of carbonyl (C=O) groups excluding carboxylic acids is 1. The zero-order valence-electron chi connectivity index (χ0n) is 13.7. The molecule has 0 aromatic heterocycles. The fraction of sp³-hybridized carbons (Fsp3) is 0.933. The van der Waals surface area contributed by atoms with Gasteiger partial charge in [0, 0.05) is 25.5 Å². The van der Waals surface area contributed by atoms with Crippen LogP contribution in [0.15, 0.2) is 0 Å². The maximum absolute atomic E-state index is 11.5. The number of ether oxygens (including phenoxy) is 2. The van der Waals surface area contributed by atoms with Crippen LogP contribution < -0.4 is 11.1 Å². The molecule has 0 radical (unpaired) electrons. The van der Waals surface area contributed by atoms with Crippen LogP contribution >= 0.6 is 0 Å². The summed E-state index contributed by atoms with van der Waals surface area (Å²) in [7, 11) is 0. The predicted molar refractivity (Wildman–Crippen MR) is 83.4 cm³/mol. The number of nitrogens with two attached hydrogens (primary N) is 1. The van der Waals surface area contributed by atoms with Crippen molar-refractivity contribution in [3.05, 3.63) is 0 Å². The Kier molecular flexibility index (Phi) is 9.61. The molecule has 1 heterocycles. The van der Waals surface area contributed by atoms with E-state index in [1.807, 2.05) is 0 Å². The molecule has 0 bridgehead atoms. The van der Waals surface area contributed by atoms with E-state index in [1.165, 1.54) is 0 Å². The van der Waals surface area contributed by atoms with Gasteiger partial charge in [-0.1, -0.05) is 6.92 Å². The highest BCUT2D eigenvalue weighted by atomic mass is 16.7. The van der Waals surface area contributed by atoms with Gasteiger partial charge in [0.2, 0.25) is 5.91 Å². The van der Waals surface area contributed by atoms with Crippen LogP contribution in [0.3, 0.4) is 0 Å². The maximum Gasteiger partial charge on any atom is 0.219 e. The second-order valence-corrected chi connectivity index (χ2v) is 5.89. The van der Waals surface area contributed by atoms with Gasteiger partial charge in [0.25, 0.3) is 0 Å². The Hall–Kier alpha value is -0.770. The van der Waals surface area contributed by atoms with Gasteiger partial charge in [-0.25, -0.2) is 0 Å². The lowest BCUT2D eigenvalue weighted by Crippen LogP contribution is -2.55. The van der Waals surface area contributed by atoms with E-state index < -0.39 is 30.5 Å². The topological polar surface area (TPSA) is 134 Å². The summed E-state index contributed by atoms with van der Waals surface area (Å²) >= 11 is 0. The van der Waals surface area contributed by atoms with E-state index in [1.54, 1.807) is 6.92 Å². The van der Waals surface area contributed by atoms with E-state index in [0.29, 0.717) is 39.0 Å². The monoisotopic (exact) mass is 334 g/mol. The van der Waals surface area contributed by atoms with Crippen LogP contribution in [0, 0.1) is 5.92 Å². The molecule has 6 N–H and O–H groups in total. The molecule has 0 aliphatic carbocycles. The molecule has 136 valence electrons. The normalized spacial score (nSPS) is 31.1. The first-order chi connectivity index (χ1) is 11.0. The van der Waals surface area contributed by atoms with Crippen LogP contribution in [0.1, 0.15) is 32.6 Å². The smallest absolute Gasteiger partial charge is 0.219 e. The van der Waals surface area contributed by atoms with Crippen molar-refractivity contribution >= 4 is 5.91 Å². The van der Waals surface area contributed by atoms with Gasteiger partial charge in [-0.05, 0) is 25.8 Å². The van der Waals surface area contributed by atoms with Gasteiger partial charge >= 0.3 is 0 Å². The Labute approximate surface area is 137 Å². The molecule has 1 aliphatic heterocycles. The summed E-state index contributed by atoms with van der Waals surface area (Å²) in [6.45, 7) is 2.88. The lowest BCUT2D eigenvalue weighted by Gasteiger charge is -2.40. The molecule has 1 rings (SSSR count). The van der Waals surface area contributed by atoms with Crippen LogP contribution in [0.2, 0.25) is 0 Å². The number of aliphatic hydroxyl groups excluding tert-OH is 3. The summed E-state index contributed by atoms with van der Waals surface area (Å²) in [6.07, 6.45) is -1.08. The Bertz CT molecular complexity index is 342. The summed E-state index contributed by atoms with van der Waals surface area (Å²) in [5, 5.41) is 31.6. The molecule has 0 spiro atoms. The van der Waals surface area contributed by atoms with E-state index in [-0.39, 0.29) is 12.5 Å². The first kappa shape index (κ1) is 20.3. The Morgan fingerprint density at radius 3 is 2.65 bits per heavy atom. The first-order valence-electron chi connectivity index (χ1n) is 8.22. The summed E-state index contributed by atoms with van der Waals surface area (Å²) in [5.74, 6) is -0.396. The fourth-order valence-electron chi connectivity index (χ4n) is 2.42. The molecule has 1 saturated heterocycles. The van der Waals surface area contributed by atoms with Crippen LogP contribution in [0.5, 0.6) is 0 Å². The van der Waals surface area contributed by atoms with Gasteiger partial charge in [0.1, 0.15) is 12.2 Å². The van der Waals surface area contributed by atoms with Crippen molar-refractivity contribution in [1.82, 2.24) is 5.32 Å². The SMILES string of the molecule is C[C@H]1C(O)[C@@H](O)C(CO)O[C@H]1OCCCCC(=O)NCCCN. The Morgan fingerprint density at radius 2 is 2.00 bits per heavy atom. The lowest BCUT2D eigenvalue weighted by atomic mass is 9.92. The standard InChI is InChI=1S/C15H30N2O6/c1-10-13(20)14(21)11(9-18)23-15(10)22-8-3-2-5-12(19)17-7-4-6-16/h10-11,13-15,18,20-21H,2-9,16H2,1H3,(H,17,19)/t10-,11?,13?,14-,15+/m0/s1. The Morgan fingerprint density at radius 1 is 1.26 bits per heavy atom. The highest BCUT2D eigenvalue weighted by Crippen LogP contribution is 2.26. The van der Waals surface area contributed by atoms with Crippen molar-refractivity contribution < 1.29 is 29.6 Å². The van der Waals surface area contributed by atoms with E-state index in [0.717, 1.165) is 6.42 Å². The summed E-state index contributed by atoms with van der Waals surface area (Å²) in [5.41, 5.74) is 5.35. The van der Waals surface area contributed by atoms with Crippen LogP contribution in [0.4, 0.5) is 0 Å². The van der Waals surface area contributed by atoms with E-state index in [9.17, 15) is 15.0 Å². The summed E-state index contributed by atoms with van der Waals surface area (Å²) < 4.78 is 11.0. The molecule has 8 heteroatoms. The van der Waals surface area contributed by atoms with Gasteiger partial charge in [0.05, 0.1) is 12.7 Å². The number of hydrogen-bond acceptors (Lipinski definition) is 7. The molecule has 1 amide bonds. The maximum atomic E-state index is 11.5. The largest absolute Gasteiger partial charge is 0.394 e. The van der Waals surface area contributed by atoms with Crippen molar-refractivity contribution in [3.8, 4) is 0 Å². The van der Waals surface area contributed by atoms with Crippen LogP contribution in [-0.2, 0) is 14.3 Å². The Balaban J connectivity index is 2.18. The molecule has 0 aromatic carbocycles. The molecule has 0 aromatic rings. The summed E-state index contributed by atoms with van der Waals surface area (Å²) in [6, 6.07) is 0. The van der Waals surface area contributed by atoms with E-state index >= 15 is 0 Å². The van der Waals surface area contributed by atoms with Gasteiger partial charge in [-0.3, -0.25) is 4.79 Å². The zero-order chi connectivity index (χ0) is 17.2. The summed E-state index contributed by atoms with van der Waals surface area (Å²) in [4.78, 5) is 11.5. The molecular weight excluding hydrogens is 304 g/mol. The first-order valence-corrected chi connectivity index (χ1v) is 8.22. The second-order valence-electron chi connectivity index (χ2n) is 5.89. The number of amides is 1. The second kappa shape index (κ2) is 10.9. The number of nitrogens with one attached hydrogen (secondary N) is 1. The lowest BCUT2D eigenvalue weighted by molar-refractivity contribution is -0.282. The zero-order valence-corrected chi connectivity index (χ0v) is 13.7. The quantitative estimate of drug-likeness (QED) is 0.314. The molecule has 5 atom stereocenters. The van der Waals surface area contributed by atoms with Crippen molar-refractivity contribution in [1.29, 1.82) is 0 Å². The van der Waals surface area contributed by atoms with Crippen LogP contribution in [-0.4, -0.2) is 72.1 Å². The third kappa shape index (κ3) is 6.70. The predicted octanol–water partition coefficient (Wildman–Crippen LogP) is -1.29. The molecule has 0 saturated carbocycles. The minimum atomic E-state index is -1.12. The minimum absolute atomic E-state index is 0.000349. The van der Waals surface area contributed by atoms with Gasteiger partial charge in [0.15, 0.2) is 6.29 Å². The van der Waals surface area contributed by atoms with E-state index in [4.69, 9.17) is 20.3 Å². The van der Waals surface area contributed by atoms with Crippen molar-refractivity contribution in [3.63, 3.8) is 0 Å². The fourth-order valence-corrected chi connectivity index (χ4v) is 2.42.